The van der Waals surface area contributed by atoms with Crippen LogP contribution in [0.1, 0.15) is 11.3 Å². The zero-order chi connectivity index (χ0) is 12.0. The summed E-state index contributed by atoms with van der Waals surface area (Å²) in [6.45, 7) is 0.568. The number of benzene rings is 1. The topological polar surface area (TPSA) is 29.9 Å². The van der Waals surface area contributed by atoms with Gasteiger partial charge in [-0.05, 0) is 18.2 Å². The summed E-state index contributed by atoms with van der Waals surface area (Å²) >= 11 is 0. The van der Waals surface area contributed by atoms with Crippen LogP contribution in [0, 0.1) is 0 Å². The highest BCUT2D eigenvalue weighted by Crippen LogP contribution is 2.35. The van der Waals surface area contributed by atoms with E-state index in [-0.39, 0.29) is 0 Å². The van der Waals surface area contributed by atoms with Crippen molar-refractivity contribution in [1.29, 1.82) is 0 Å². The molecule has 0 aliphatic carbocycles. The maximum Gasteiger partial charge on any atom is 0.416 e. The first-order valence-corrected chi connectivity index (χ1v) is 5.02. The van der Waals surface area contributed by atoms with E-state index in [2.05, 4.69) is 10.3 Å². The third kappa shape index (κ3) is 1.56. The van der Waals surface area contributed by atoms with Crippen LogP contribution >= 0.6 is 0 Å². The van der Waals surface area contributed by atoms with Crippen molar-refractivity contribution in [2.75, 3.05) is 5.32 Å². The molecule has 1 aromatic carbocycles. The van der Waals surface area contributed by atoms with E-state index in [1.165, 1.54) is 12.4 Å². The van der Waals surface area contributed by atoms with Gasteiger partial charge in [-0.3, -0.25) is 4.57 Å². The van der Waals surface area contributed by atoms with E-state index in [0.717, 1.165) is 17.8 Å². The molecule has 3 rings (SSSR count). The molecule has 0 saturated heterocycles. The zero-order valence-corrected chi connectivity index (χ0v) is 8.62. The van der Waals surface area contributed by atoms with Crippen molar-refractivity contribution < 1.29 is 13.2 Å². The van der Waals surface area contributed by atoms with Crippen LogP contribution in [-0.2, 0) is 12.7 Å². The van der Waals surface area contributed by atoms with Gasteiger partial charge in [0, 0.05) is 0 Å². The number of hydrogen-bond acceptors (Lipinski definition) is 2. The molecule has 1 aliphatic heterocycles. The van der Waals surface area contributed by atoms with Crippen LogP contribution in [0.3, 0.4) is 0 Å². The van der Waals surface area contributed by atoms with Crippen LogP contribution in [0.2, 0.25) is 0 Å². The quantitative estimate of drug-likeness (QED) is 0.766. The fraction of sp³-hybridized carbons (Fsp3) is 0.182. The molecule has 1 N–H and O–H groups in total. The molecule has 3 nitrogen and oxygen atoms in total. The smallest absolute Gasteiger partial charge is 0.378 e. The lowest BCUT2D eigenvalue weighted by molar-refractivity contribution is -0.137. The standard InChI is InChI=1S/C11H8F3N3/c12-11(13,14)7-1-2-9-10(3-7)17-6-15-4-8(17)5-16-9/h1-4,6,16H,5H2. The van der Waals surface area contributed by atoms with Crippen molar-refractivity contribution in [3.8, 4) is 5.69 Å². The summed E-state index contributed by atoms with van der Waals surface area (Å²) in [6.07, 6.45) is -1.17. The first kappa shape index (κ1) is 10.2. The third-order valence-corrected chi connectivity index (χ3v) is 2.76. The summed E-state index contributed by atoms with van der Waals surface area (Å²) < 4.78 is 39.5. The molecule has 2 aromatic rings. The van der Waals surface area contributed by atoms with Crippen molar-refractivity contribution in [3.05, 3.63) is 42.0 Å². The van der Waals surface area contributed by atoms with E-state index in [0.29, 0.717) is 17.9 Å². The van der Waals surface area contributed by atoms with Crippen LogP contribution in [0.5, 0.6) is 0 Å². The minimum Gasteiger partial charge on any atom is -0.378 e. The predicted molar refractivity (Wildman–Crippen MR) is 55.9 cm³/mol. The molecule has 0 saturated carbocycles. The highest BCUT2D eigenvalue weighted by Gasteiger charge is 2.31. The molecular weight excluding hydrogens is 231 g/mol. The normalized spacial score (nSPS) is 13.8. The summed E-state index contributed by atoms with van der Waals surface area (Å²) in [6, 6.07) is 3.65. The number of imidazole rings is 1. The van der Waals surface area contributed by atoms with Gasteiger partial charge in [0.1, 0.15) is 0 Å². The van der Waals surface area contributed by atoms with Gasteiger partial charge in [0.25, 0.3) is 0 Å². The lowest BCUT2D eigenvalue weighted by Gasteiger charge is -2.21. The van der Waals surface area contributed by atoms with Crippen molar-refractivity contribution in [2.45, 2.75) is 12.7 Å². The second-order valence-electron chi connectivity index (χ2n) is 3.84. The molecule has 88 valence electrons. The van der Waals surface area contributed by atoms with Gasteiger partial charge in [0.05, 0.1) is 41.7 Å². The van der Waals surface area contributed by atoms with Crippen molar-refractivity contribution >= 4 is 5.69 Å². The van der Waals surface area contributed by atoms with E-state index >= 15 is 0 Å². The van der Waals surface area contributed by atoms with Gasteiger partial charge in [-0.15, -0.1) is 0 Å². The van der Waals surface area contributed by atoms with Crippen LogP contribution in [0.15, 0.2) is 30.7 Å². The Morgan fingerprint density at radius 1 is 1.29 bits per heavy atom. The minimum absolute atomic E-state index is 0.485. The molecule has 0 spiro atoms. The number of fused-ring (bicyclic) bond motifs is 3. The van der Waals surface area contributed by atoms with Gasteiger partial charge in [-0.25, -0.2) is 4.98 Å². The van der Waals surface area contributed by atoms with Gasteiger partial charge in [-0.1, -0.05) is 0 Å². The summed E-state index contributed by atoms with van der Waals surface area (Å²) in [7, 11) is 0. The van der Waals surface area contributed by atoms with Crippen LogP contribution in [0.25, 0.3) is 5.69 Å². The van der Waals surface area contributed by atoms with Crippen molar-refractivity contribution in [1.82, 2.24) is 9.55 Å². The van der Waals surface area contributed by atoms with E-state index in [1.54, 1.807) is 10.8 Å². The maximum atomic E-state index is 12.6. The molecule has 0 amide bonds. The molecule has 0 unspecified atom stereocenters. The average molecular weight is 239 g/mol. The number of rotatable bonds is 0. The maximum absolute atomic E-state index is 12.6. The summed E-state index contributed by atoms with van der Waals surface area (Å²) in [4.78, 5) is 3.94. The van der Waals surface area contributed by atoms with Crippen molar-refractivity contribution in [2.24, 2.45) is 0 Å². The van der Waals surface area contributed by atoms with Crippen LogP contribution in [0.4, 0.5) is 18.9 Å². The molecule has 1 aromatic heterocycles. The van der Waals surface area contributed by atoms with E-state index in [4.69, 9.17) is 0 Å². The number of alkyl halides is 3. The second-order valence-corrected chi connectivity index (χ2v) is 3.84. The van der Waals surface area contributed by atoms with Crippen LogP contribution in [-0.4, -0.2) is 9.55 Å². The molecule has 6 heteroatoms. The largest absolute Gasteiger partial charge is 0.416 e. The number of anilines is 1. The molecule has 2 heterocycles. The van der Waals surface area contributed by atoms with Crippen molar-refractivity contribution in [3.63, 3.8) is 0 Å². The Balaban J connectivity index is 2.18. The lowest BCUT2D eigenvalue weighted by atomic mass is 10.1. The van der Waals surface area contributed by atoms with Crippen LogP contribution < -0.4 is 5.32 Å². The van der Waals surface area contributed by atoms with Gasteiger partial charge in [0.2, 0.25) is 0 Å². The molecular formula is C11H8F3N3. The summed E-state index contributed by atoms with van der Waals surface area (Å²) in [5, 5.41) is 3.06. The number of nitrogens with one attached hydrogen (secondary N) is 1. The molecule has 0 radical (unpaired) electrons. The van der Waals surface area contributed by atoms with E-state index in [9.17, 15) is 13.2 Å². The highest BCUT2D eigenvalue weighted by atomic mass is 19.4. The Kier molecular flexibility index (Phi) is 1.95. The Hall–Kier alpha value is -1.98. The summed E-state index contributed by atoms with van der Waals surface area (Å²) in [5.41, 5.74) is 1.36. The number of nitrogens with zero attached hydrogens (tertiary/aromatic N) is 2. The SMILES string of the molecule is FC(F)(F)c1ccc2c(c1)-n1cncc1CN2. The van der Waals surface area contributed by atoms with Gasteiger partial charge >= 0.3 is 6.18 Å². The third-order valence-electron chi connectivity index (χ3n) is 2.76. The Labute approximate surface area is 94.9 Å². The number of aromatic nitrogens is 2. The monoisotopic (exact) mass is 239 g/mol. The molecule has 0 atom stereocenters. The Bertz CT molecular complexity index is 572. The Morgan fingerprint density at radius 3 is 2.88 bits per heavy atom. The van der Waals surface area contributed by atoms with Gasteiger partial charge in [0.15, 0.2) is 0 Å². The minimum atomic E-state index is -4.33. The predicted octanol–water partition coefficient (Wildman–Crippen LogP) is 2.82. The molecule has 1 aliphatic rings. The fourth-order valence-electron chi connectivity index (χ4n) is 1.91. The number of halogens is 3. The van der Waals surface area contributed by atoms with E-state index in [1.807, 2.05) is 0 Å². The van der Waals surface area contributed by atoms with Gasteiger partial charge < -0.3 is 5.32 Å². The Morgan fingerprint density at radius 2 is 2.12 bits per heavy atom. The molecule has 0 fully saturated rings. The average Bonchev–Trinajstić information content (AvgIpc) is 2.75. The highest BCUT2D eigenvalue weighted by molar-refractivity contribution is 5.65. The second kappa shape index (κ2) is 3.26. The molecule has 0 bridgehead atoms. The number of hydrogen-bond donors (Lipinski definition) is 1. The first-order chi connectivity index (χ1) is 8.05. The van der Waals surface area contributed by atoms with E-state index < -0.39 is 11.7 Å². The lowest BCUT2D eigenvalue weighted by Crippen LogP contribution is -2.15. The summed E-state index contributed by atoms with van der Waals surface area (Å²) in [5.74, 6) is 0. The zero-order valence-electron chi connectivity index (χ0n) is 8.62. The fourth-order valence-corrected chi connectivity index (χ4v) is 1.91. The molecule has 17 heavy (non-hydrogen) atoms. The van der Waals surface area contributed by atoms with Gasteiger partial charge in [-0.2, -0.15) is 13.2 Å². The first-order valence-electron chi connectivity index (χ1n) is 5.02.